The lowest BCUT2D eigenvalue weighted by molar-refractivity contribution is 0.626. The molecule has 128 valence electrons. The molecule has 0 aliphatic heterocycles. The zero-order valence-corrected chi connectivity index (χ0v) is 14.5. The van der Waals surface area contributed by atoms with Gasteiger partial charge in [0.2, 0.25) is 0 Å². The van der Waals surface area contributed by atoms with Crippen LogP contribution in [0.3, 0.4) is 0 Å². The van der Waals surface area contributed by atoms with Gasteiger partial charge in [0, 0.05) is 17.0 Å². The van der Waals surface area contributed by atoms with E-state index in [0.717, 1.165) is 27.6 Å². The zero-order valence-electron chi connectivity index (χ0n) is 13.8. The van der Waals surface area contributed by atoms with Crippen molar-refractivity contribution in [2.75, 3.05) is 5.32 Å². The minimum Gasteiger partial charge on any atom is -0.365 e. The third kappa shape index (κ3) is 3.51. The van der Waals surface area contributed by atoms with Gasteiger partial charge in [-0.05, 0) is 53.1 Å². The molecule has 4 rings (SSSR count). The molecular weight excluding hydrogens is 349 g/mol. The Bertz CT molecular complexity index is 1080. The predicted octanol–water partition coefficient (Wildman–Crippen LogP) is 5.70. The first kappa shape index (κ1) is 16.5. The van der Waals surface area contributed by atoms with Crippen LogP contribution in [0.2, 0.25) is 5.02 Å². The molecule has 0 amide bonds. The standard InChI is InChI=1S/C21H15ClFN3/c22-17-5-2-4-15(10-17)16-7-8-20-19(11-16)21(26-13-25-20)24-12-14-3-1-6-18(23)9-14/h1-11,13H,12H2,(H,24,25,26). The number of nitrogens with one attached hydrogen (secondary N) is 1. The Balaban J connectivity index is 1.69. The number of hydrogen-bond acceptors (Lipinski definition) is 3. The van der Waals surface area contributed by atoms with Gasteiger partial charge in [0.1, 0.15) is 18.0 Å². The first-order chi connectivity index (χ1) is 12.7. The molecule has 0 aliphatic carbocycles. The van der Waals surface area contributed by atoms with Crippen molar-refractivity contribution in [1.82, 2.24) is 9.97 Å². The summed E-state index contributed by atoms with van der Waals surface area (Å²) >= 11 is 6.11. The van der Waals surface area contributed by atoms with Gasteiger partial charge in [0.05, 0.1) is 5.52 Å². The molecule has 1 aromatic heterocycles. The molecule has 1 N–H and O–H groups in total. The molecule has 3 nitrogen and oxygen atoms in total. The summed E-state index contributed by atoms with van der Waals surface area (Å²) in [7, 11) is 0. The highest BCUT2D eigenvalue weighted by Crippen LogP contribution is 2.28. The predicted molar refractivity (Wildman–Crippen MR) is 104 cm³/mol. The molecule has 0 fully saturated rings. The van der Waals surface area contributed by atoms with Gasteiger partial charge in [-0.1, -0.05) is 41.9 Å². The Hall–Kier alpha value is -2.98. The maximum Gasteiger partial charge on any atom is 0.137 e. The number of aromatic nitrogens is 2. The van der Waals surface area contributed by atoms with Crippen molar-refractivity contribution in [3.63, 3.8) is 0 Å². The molecule has 0 atom stereocenters. The first-order valence-corrected chi connectivity index (χ1v) is 8.56. The van der Waals surface area contributed by atoms with Crippen LogP contribution in [-0.4, -0.2) is 9.97 Å². The number of anilines is 1. The van der Waals surface area contributed by atoms with Gasteiger partial charge in [-0.15, -0.1) is 0 Å². The van der Waals surface area contributed by atoms with E-state index in [4.69, 9.17) is 11.6 Å². The SMILES string of the molecule is Fc1cccc(CNc2ncnc3ccc(-c4cccc(Cl)c4)cc23)c1. The van der Waals surface area contributed by atoms with Crippen LogP contribution in [0, 0.1) is 5.82 Å². The zero-order chi connectivity index (χ0) is 17.9. The molecule has 5 heteroatoms. The summed E-state index contributed by atoms with van der Waals surface area (Å²) in [5.41, 5.74) is 3.75. The van der Waals surface area contributed by atoms with Crippen molar-refractivity contribution in [3.8, 4) is 11.1 Å². The maximum atomic E-state index is 13.4. The minimum absolute atomic E-state index is 0.250. The van der Waals surface area contributed by atoms with Crippen LogP contribution in [0.4, 0.5) is 10.2 Å². The normalized spacial score (nSPS) is 10.8. The molecule has 0 spiro atoms. The van der Waals surface area contributed by atoms with Crippen LogP contribution < -0.4 is 5.32 Å². The number of hydrogen-bond donors (Lipinski definition) is 1. The molecule has 0 saturated heterocycles. The second kappa shape index (κ2) is 7.10. The van der Waals surface area contributed by atoms with E-state index >= 15 is 0 Å². The smallest absolute Gasteiger partial charge is 0.137 e. The summed E-state index contributed by atoms with van der Waals surface area (Å²) < 4.78 is 13.4. The Labute approximate surface area is 155 Å². The number of halogens is 2. The third-order valence-electron chi connectivity index (χ3n) is 4.14. The van der Waals surface area contributed by atoms with Crippen molar-refractivity contribution < 1.29 is 4.39 Å². The largest absolute Gasteiger partial charge is 0.365 e. The fourth-order valence-electron chi connectivity index (χ4n) is 2.88. The summed E-state index contributed by atoms with van der Waals surface area (Å²) in [5, 5.41) is 4.87. The summed E-state index contributed by atoms with van der Waals surface area (Å²) in [6, 6.07) is 20.2. The summed E-state index contributed by atoms with van der Waals surface area (Å²) in [4.78, 5) is 8.68. The van der Waals surface area contributed by atoms with Crippen molar-refractivity contribution in [1.29, 1.82) is 0 Å². The van der Waals surface area contributed by atoms with E-state index in [1.165, 1.54) is 18.5 Å². The molecule has 0 aliphatic rings. The van der Waals surface area contributed by atoms with Crippen LogP contribution in [0.1, 0.15) is 5.56 Å². The van der Waals surface area contributed by atoms with Gasteiger partial charge in [0.15, 0.2) is 0 Å². The van der Waals surface area contributed by atoms with E-state index in [9.17, 15) is 4.39 Å². The Morgan fingerprint density at radius 2 is 1.73 bits per heavy atom. The quantitative estimate of drug-likeness (QED) is 0.505. The van der Waals surface area contributed by atoms with Crippen LogP contribution in [0.15, 0.2) is 73.1 Å². The number of fused-ring (bicyclic) bond motifs is 1. The lowest BCUT2D eigenvalue weighted by atomic mass is 10.0. The van der Waals surface area contributed by atoms with Gasteiger partial charge < -0.3 is 5.32 Å². The third-order valence-corrected chi connectivity index (χ3v) is 4.38. The molecule has 0 radical (unpaired) electrons. The maximum absolute atomic E-state index is 13.4. The minimum atomic E-state index is -0.250. The van der Waals surface area contributed by atoms with E-state index in [1.807, 2.05) is 48.5 Å². The fourth-order valence-corrected chi connectivity index (χ4v) is 3.07. The molecule has 0 saturated carbocycles. The van der Waals surface area contributed by atoms with E-state index in [0.29, 0.717) is 17.4 Å². The Kier molecular flexibility index (Phi) is 4.50. The van der Waals surface area contributed by atoms with Crippen molar-refractivity contribution in [3.05, 3.63) is 89.5 Å². The van der Waals surface area contributed by atoms with Gasteiger partial charge in [-0.2, -0.15) is 0 Å². The van der Waals surface area contributed by atoms with Crippen molar-refractivity contribution in [2.45, 2.75) is 6.54 Å². The summed E-state index contributed by atoms with van der Waals surface area (Å²) in [6.45, 7) is 0.477. The lowest BCUT2D eigenvalue weighted by Gasteiger charge is -2.10. The van der Waals surface area contributed by atoms with Gasteiger partial charge in [-0.3, -0.25) is 0 Å². The Morgan fingerprint density at radius 1 is 0.885 bits per heavy atom. The molecule has 3 aromatic carbocycles. The van der Waals surface area contributed by atoms with E-state index < -0.39 is 0 Å². The van der Waals surface area contributed by atoms with Crippen LogP contribution >= 0.6 is 11.6 Å². The number of benzene rings is 3. The topological polar surface area (TPSA) is 37.8 Å². The van der Waals surface area contributed by atoms with E-state index in [2.05, 4.69) is 15.3 Å². The van der Waals surface area contributed by atoms with Crippen LogP contribution in [0.25, 0.3) is 22.0 Å². The highest BCUT2D eigenvalue weighted by Gasteiger charge is 2.07. The van der Waals surface area contributed by atoms with Crippen LogP contribution in [0.5, 0.6) is 0 Å². The molecule has 0 bridgehead atoms. The average Bonchev–Trinajstić information content (AvgIpc) is 2.66. The fraction of sp³-hybridized carbons (Fsp3) is 0.0476. The van der Waals surface area contributed by atoms with Gasteiger partial charge in [0.25, 0.3) is 0 Å². The Morgan fingerprint density at radius 3 is 2.58 bits per heavy atom. The summed E-state index contributed by atoms with van der Waals surface area (Å²) in [6.07, 6.45) is 1.52. The van der Waals surface area contributed by atoms with Gasteiger partial charge in [-0.25, -0.2) is 14.4 Å². The first-order valence-electron chi connectivity index (χ1n) is 8.18. The molecule has 4 aromatic rings. The average molecular weight is 364 g/mol. The second-order valence-corrected chi connectivity index (χ2v) is 6.38. The van der Waals surface area contributed by atoms with Crippen molar-refractivity contribution in [2.24, 2.45) is 0 Å². The molecule has 26 heavy (non-hydrogen) atoms. The van der Waals surface area contributed by atoms with Crippen molar-refractivity contribution >= 4 is 28.3 Å². The highest BCUT2D eigenvalue weighted by atomic mass is 35.5. The number of rotatable bonds is 4. The lowest BCUT2D eigenvalue weighted by Crippen LogP contribution is -2.03. The molecule has 1 heterocycles. The molecular formula is C21H15ClFN3. The second-order valence-electron chi connectivity index (χ2n) is 5.95. The van der Waals surface area contributed by atoms with Crippen LogP contribution in [-0.2, 0) is 6.54 Å². The molecule has 0 unspecified atom stereocenters. The summed E-state index contributed by atoms with van der Waals surface area (Å²) in [5.74, 6) is 0.461. The van der Waals surface area contributed by atoms with E-state index in [-0.39, 0.29) is 5.82 Å². The monoisotopic (exact) mass is 363 g/mol. The van der Waals surface area contributed by atoms with E-state index in [1.54, 1.807) is 6.07 Å². The van der Waals surface area contributed by atoms with Gasteiger partial charge >= 0.3 is 0 Å². The highest BCUT2D eigenvalue weighted by molar-refractivity contribution is 6.30. The number of nitrogens with zero attached hydrogens (tertiary/aromatic N) is 2.